The normalized spacial score (nSPS) is 10.3. The number of aryl methyl sites for hydroxylation is 2. The van der Waals surface area contributed by atoms with Crippen molar-refractivity contribution in [1.29, 1.82) is 0 Å². The Bertz CT molecular complexity index is 299. The van der Waals surface area contributed by atoms with Gasteiger partial charge in [-0.05, 0) is 12.5 Å². The SMILES string of the molecule is CCCc1cc(C(=O)O)c(CC)o1. The summed E-state index contributed by atoms with van der Waals surface area (Å²) < 4.78 is 5.38. The van der Waals surface area contributed by atoms with Gasteiger partial charge in [-0.1, -0.05) is 13.8 Å². The summed E-state index contributed by atoms with van der Waals surface area (Å²) >= 11 is 0. The molecule has 0 saturated carbocycles. The van der Waals surface area contributed by atoms with E-state index in [1.165, 1.54) is 0 Å². The van der Waals surface area contributed by atoms with E-state index in [1.54, 1.807) is 6.07 Å². The predicted octanol–water partition coefficient (Wildman–Crippen LogP) is 2.49. The molecule has 0 fully saturated rings. The summed E-state index contributed by atoms with van der Waals surface area (Å²) in [5, 5.41) is 8.82. The van der Waals surface area contributed by atoms with Crippen molar-refractivity contribution in [3.05, 3.63) is 23.2 Å². The van der Waals surface area contributed by atoms with Crippen LogP contribution >= 0.6 is 0 Å². The zero-order chi connectivity index (χ0) is 9.84. The fourth-order valence-electron chi connectivity index (χ4n) is 1.30. The highest BCUT2D eigenvalue weighted by Crippen LogP contribution is 2.17. The quantitative estimate of drug-likeness (QED) is 0.778. The minimum atomic E-state index is -0.900. The first-order valence-electron chi connectivity index (χ1n) is 4.53. The molecule has 1 aromatic heterocycles. The molecule has 0 aliphatic carbocycles. The monoisotopic (exact) mass is 182 g/mol. The maximum absolute atomic E-state index is 10.7. The summed E-state index contributed by atoms with van der Waals surface area (Å²) in [6, 6.07) is 1.63. The van der Waals surface area contributed by atoms with E-state index in [4.69, 9.17) is 9.52 Å². The first-order chi connectivity index (χ1) is 6.19. The van der Waals surface area contributed by atoms with E-state index in [0.717, 1.165) is 18.6 Å². The van der Waals surface area contributed by atoms with Gasteiger partial charge in [0.25, 0.3) is 0 Å². The number of rotatable bonds is 4. The maximum Gasteiger partial charge on any atom is 0.339 e. The Labute approximate surface area is 77.4 Å². The average Bonchev–Trinajstić information content (AvgIpc) is 2.48. The Morgan fingerprint density at radius 1 is 1.54 bits per heavy atom. The van der Waals surface area contributed by atoms with Gasteiger partial charge in [0, 0.05) is 12.8 Å². The van der Waals surface area contributed by atoms with Crippen LogP contribution in [0.4, 0.5) is 0 Å². The summed E-state index contributed by atoms with van der Waals surface area (Å²) in [7, 11) is 0. The number of furan rings is 1. The Kier molecular flexibility index (Phi) is 3.12. The Morgan fingerprint density at radius 3 is 2.62 bits per heavy atom. The topological polar surface area (TPSA) is 50.4 Å². The largest absolute Gasteiger partial charge is 0.478 e. The summed E-state index contributed by atoms with van der Waals surface area (Å²) in [5.74, 6) is 0.454. The average molecular weight is 182 g/mol. The smallest absolute Gasteiger partial charge is 0.339 e. The third-order valence-corrected chi connectivity index (χ3v) is 1.91. The lowest BCUT2D eigenvalue weighted by Crippen LogP contribution is -1.97. The third kappa shape index (κ3) is 2.11. The molecular weight excluding hydrogens is 168 g/mol. The van der Waals surface area contributed by atoms with E-state index < -0.39 is 5.97 Å². The molecule has 0 amide bonds. The first kappa shape index (κ1) is 9.84. The number of aromatic carboxylic acids is 1. The summed E-state index contributed by atoms with van der Waals surface area (Å²) in [6.45, 7) is 3.93. The van der Waals surface area contributed by atoms with E-state index in [-0.39, 0.29) is 0 Å². The Hall–Kier alpha value is -1.25. The standard InChI is InChI=1S/C10H14O3/c1-3-5-7-6-8(10(11)12)9(4-2)13-7/h6H,3-5H2,1-2H3,(H,11,12). The molecule has 0 radical (unpaired) electrons. The van der Waals surface area contributed by atoms with Crippen molar-refractivity contribution in [2.45, 2.75) is 33.1 Å². The third-order valence-electron chi connectivity index (χ3n) is 1.91. The van der Waals surface area contributed by atoms with Crippen molar-refractivity contribution in [3.63, 3.8) is 0 Å². The van der Waals surface area contributed by atoms with Gasteiger partial charge in [-0.25, -0.2) is 4.79 Å². The van der Waals surface area contributed by atoms with Crippen LogP contribution in [0.3, 0.4) is 0 Å². The van der Waals surface area contributed by atoms with Gasteiger partial charge in [0.15, 0.2) is 0 Å². The molecule has 3 nitrogen and oxygen atoms in total. The zero-order valence-electron chi connectivity index (χ0n) is 7.96. The van der Waals surface area contributed by atoms with Crippen LogP contribution < -0.4 is 0 Å². The number of hydrogen-bond donors (Lipinski definition) is 1. The van der Waals surface area contributed by atoms with Crippen LogP contribution in [0, 0.1) is 0 Å². The van der Waals surface area contributed by atoms with Crippen molar-refractivity contribution >= 4 is 5.97 Å². The molecule has 1 N–H and O–H groups in total. The highest BCUT2D eigenvalue weighted by Gasteiger charge is 2.14. The molecule has 1 aromatic rings. The molecular formula is C10H14O3. The Balaban J connectivity index is 2.97. The van der Waals surface area contributed by atoms with Gasteiger partial charge in [-0.15, -0.1) is 0 Å². The molecule has 0 spiro atoms. The molecule has 0 bridgehead atoms. The van der Waals surface area contributed by atoms with Crippen LogP contribution in [0.25, 0.3) is 0 Å². The minimum Gasteiger partial charge on any atom is -0.478 e. The van der Waals surface area contributed by atoms with Gasteiger partial charge in [-0.2, -0.15) is 0 Å². The Morgan fingerprint density at radius 2 is 2.23 bits per heavy atom. The van der Waals surface area contributed by atoms with Gasteiger partial charge in [0.1, 0.15) is 17.1 Å². The van der Waals surface area contributed by atoms with Crippen molar-refractivity contribution < 1.29 is 14.3 Å². The molecule has 0 aliphatic rings. The molecule has 72 valence electrons. The van der Waals surface area contributed by atoms with Crippen molar-refractivity contribution in [1.82, 2.24) is 0 Å². The number of hydrogen-bond acceptors (Lipinski definition) is 2. The molecule has 1 heterocycles. The molecule has 0 saturated heterocycles. The summed E-state index contributed by atoms with van der Waals surface area (Å²) in [5.41, 5.74) is 0.311. The lowest BCUT2D eigenvalue weighted by Gasteiger charge is -1.91. The first-order valence-corrected chi connectivity index (χ1v) is 4.53. The summed E-state index contributed by atoms with van der Waals surface area (Å²) in [6.07, 6.45) is 2.40. The van der Waals surface area contributed by atoms with Crippen LogP contribution in [0.1, 0.15) is 42.1 Å². The van der Waals surface area contributed by atoms with Crippen LogP contribution in [0.2, 0.25) is 0 Å². The molecule has 3 heteroatoms. The highest BCUT2D eigenvalue weighted by molar-refractivity contribution is 5.88. The predicted molar refractivity (Wildman–Crippen MR) is 49.0 cm³/mol. The summed E-state index contributed by atoms with van der Waals surface area (Å²) in [4.78, 5) is 10.7. The maximum atomic E-state index is 10.7. The van der Waals surface area contributed by atoms with Crippen LogP contribution in [0.15, 0.2) is 10.5 Å². The molecule has 0 atom stereocenters. The lowest BCUT2D eigenvalue weighted by atomic mass is 10.2. The van der Waals surface area contributed by atoms with E-state index >= 15 is 0 Å². The van der Waals surface area contributed by atoms with Crippen molar-refractivity contribution in [2.75, 3.05) is 0 Å². The van der Waals surface area contributed by atoms with Crippen LogP contribution in [-0.2, 0) is 12.8 Å². The number of carboxylic acids is 1. The van der Waals surface area contributed by atoms with Crippen molar-refractivity contribution in [3.8, 4) is 0 Å². The zero-order valence-corrected chi connectivity index (χ0v) is 7.96. The van der Waals surface area contributed by atoms with E-state index in [0.29, 0.717) is 17.7 Å². The second-order valence-electron chi connectivity index (χ2n) is 2.96. The highest BCUT2D eigenvalue weighted by atomic mass is 16.4. The second kappa shape index (κ2) is 4.12. The molecule has 0 aromatic carbocycles. The minimum absolute atomic E-state index is 0.311. The van der Waals surface area contributed by atoms with E-state index in [1.807, 2.05) is 13.8 Å². The molecule has 1 rings (SSSR count). The molecule has 0 aliphatic heterocycles. The van der Waals surface area contributed by atoms with Crippen molar-refractivity contribution in [2.24, 2.45) is 0 Å². The van der Waals surface area contributed by atoms with Crippen LogP contribution in [0.5, 0.6) is 0 Å². The lowest BCUT2D eigenvalue weighted by molar-refractivity contribution is 0.0694. The van der Waals surface area contributed by atoms with Gasteiger partial charge in [0.2, 0.25) is 0 Å². The van der Waals surface area contributed by atoms with E-state index in [9.17, 15) is 4.79 Å². The van der Waals surface area contributed by atoms with Crippen LogP contribution in [-0.4, -0.2) is 11.1 Å². The van der Waals surface area contributed by atoms with E-state index in [2.05, 4.69) is 0 Å². The van der Waals surface area contributed by atoms with Gasteiger partial charge < -0.3 is 9.52 Å². The van der Waals surface area contributed by atoms with Gasteiger partial charge in [-0.3, -0.25) is 0 Å². The molecule has 0 unspecified atom stereocenters. The van der Waals surface area contributed by atoms with Gasteiger partial charge in [0.05, 0.1) is 0 Å². The fourth-order valence-corrected chi connectivity index (χ4v) is 1.30. The second-order valence-corrected chi connectivity index (χ2v) is 2.96. The fraction of sp³-hybridized carbons (Fsp3) is 0.500. The van der Waals surface area contributed by atoms with Gasteiger partial charge >= 0.3 is 5.97 Å². The number of carboxylic acid groups (broad SMARTS) is 1. The number of carbonyl (C=O) groups is 1. The molecule has 13 heavy (non-hydrogen) atoms.